The van der Waals surface area contributed by atoms with Gasteiger partial charge in [0.25, 0.3) is 5.79 Å². The van der Waals surface area contributed by atoms with Crippen LogP contribution in [-0.2, 0) is 4.79 Å². The molecule has 5 nitrogen and oxygen atoms in total. The maximum Gasteiger partial charge on any atom is 0.302 e. The van der Waals surface area contributed by atoms with Crippen molar-refractivity contribution in [2.45, 2.75) is 12.7 Å². The molecule has 1 amide bonds. The predicted octanol–water partition coefficient (Wildman–Crippen LogP) is -0.131. The highest BCUT2D eigenvalue weighted by Gasteiger charge is 2.48. The molecule has 1 aliphatic heterocycles. The van der Waals surface area contributed by atoms with E-state index < -0.39 is 11.7 Å². The third-order valence-electron chi connectivity index (χ3n) is 2.60. The van der Waals surface area contributed by atoms with Crippen LogP contribution >= 0.6 is 0 Å². The van der Waals surface area contributed by atoms with Crippen molar-refractivity contribution in [1.82, 2.24) is 5.01 Å². The number of hydrogen-bond acceptors (Lipinski definition) is 4. The minimum absolute atomic E-state index is 0.125. The zero-order valence-electron chi connectivity index (χ0n) is 9.21. The fourth-order valence-electron chi connectivity index (χ4n) is 1.78. The zero-order chi connectivity index (χ0) is 11.9. The summed E-state index contributed by atoms with van der Waals surface area (Å²) in [5.74, 6) is -3.02. The lowest BCUT2D eigenvalue weighted by molar-refractivity contribution is -0.172. The molecule has 0 aromatic heterocycles. The first-order valence-electron chi connectivity index (χ1n) is 4.99. The summed E-state index contributed by atoms with van der Waals surface area (Å²) in [6, 6.07) is 7.27. The monoisotopic (exact) mass is 222 g/mol. The molecule has 16 heavy (non-hydrogen) atoms. The second-order valence-corrected chi connectivity index (χ2v) is 4.08. The Morgan fingerprint density at radius 3 is 2.25 bits per heavy atom. The molecule has 0 unspecified atom stereocenters. The summed E-state index contributed by atoms with van der Waals surface area (Å²) < 4.78 is 0. The number of amides is 1. The number of hydrazine groups is 1. The summed E-state index contributed by atoms with van der Waals surface area (Å²) in [6.45, 7) is 1.82. The fraction of sp³-hybridized carbons (Fsp3) is 0.364. The summed E-state index contributed by atoms with van der Waals surface area (Å²) in [7, 11) is 1.63. The second-order valence-electron chi connectivity index (χ2n) is 4.08. The highest BCUT2D eigenvalue weighted by atomic mass is 16.5. The molecular weight excluding hydrogens is 208 g/mol. The standard InChI is InChI=1S/C11H14N2O3/c1-8-3-5-9(6-4-8)13-10(14)11(15,16)7-12(13)2/h3-6,15-16H,7H2,1-2H3. The number of carbonyl (C=O) groups is 1. The molecule has 2 N–H and O–H groups in total. The van der Waals surface area contributed by atoms with Crippen molar-refractivity contribution >= 4 is 11.6 Å². The first-order valence-corrected chi connectivity index (χ1v) is 4.99. The highest BCUT2D eigenvalue weighted by molar-refractivity contribution is 5.99. The van der Waals surface area contributed by atoms with Gasteiger partial charge in [0.2, 0.25) is 0 Å². The van der Waals surface area contributed by atoms with Crippen LogP contribution in [0, 0.1) is 6.92 Å². The van der Waals surface area contributed by atoms with Gasteiger partial charge in [-0.1, -0.05) is 17.7 Å². The number of rotatable bonds is 1. The van der Waals surface area contributed by atoms with Crippen molar-refractivity contribution in [3.63, 3.8) is 0 Å². The lowest BCUT2D eigenvalue weighted by Gasteiger charge is -2.23. The zero-order valence-corrected chi connectivity index (χ0v) is 9.21. The quantitative estimate of drug-likeness (QED) is 0.650. The van der Waals surface area contributed by atoms with Gasteiger partial charge < -0.3 is 10.2 Å². The van der Waals surface area contributed by atoms with Gasteiger partial charge in [-0.15, -0.1) is 0 Å². The molecule has 0 atom stereocenters. The van der Waals surface area contributed by atoms with Crippen molar-refractivity contribution in [2.75, 3.05) is 18.6 Å². The lowest BCUT2D eigenvalue weighted by atomic mass is 10.2. The van der Waals surface area contributed by atoms with Gasteiger partial charge >= 0.3 is 5.91 Å². The van der Waals surface area contributed by atoms with Gasteiger partial charge in [-0.05, 0) is 19.1 Å². The Hall–Kier alpha value is -1.43. The Kier molecular flexibility index (Phi) is 2.46. The molecular formula is C11H14N2O3. The number of carbonyl (C=O) groups excluding carboxylic acids is 1. The van der Waals surface area contributed by atoms with Crippen molar-refractivity contribution in [3.8, 4) is 0 Å². The Bertz CT molecular complexity index is 414. The van der Waals surface area contributed by atoms with E-state index in [2.05, 4.69) is 0 Å². The van der Waals surface area contributed by atoms with Crippen LogP contribution in [0.4, 0.5) is 5.69 Å². The van der Waals surface area contributed by atoms with E-state index in [1.807, 2.05) is 19.1 Å². The number of anilines is 1. The van der Waals surface area contributed by atoms with Gasteiger partial charge in [-0.2, -0.15) is 0 Å². The Morgan fingerprint density at radius 1 is 1.25 bits per heavy atom. The Labute approximate surface area is 93.5 Å². The van der Waals surface area contributed by atoms with Gasteiger partial charge in [-0.25, -0.2) is 10.0 Å². The molecule has 5 heteroatoms. The molecule has 1 fully saturated rings. The number of aliphatic hydroxyl groups is 2. The normalized spacial score (nSPS) is 20.5. The third kappa shape index (κ3) is 1.69. The average molecular weight is 222 g/mol. The van der Waals surface area contributed by atoms with E-state index in [9.17, 15) is 15.0 Å². The van der Waals surface area contributed by atoms with E-state index in [0.717, 1.165) is 5.56 Å². The maximum absolute atomic E-state index is 11.7. The molecule has 1 aliphatic rings. The SMILES string of the molecule is Cc1ccc(N2C(=O)C(O)(O)CN2C)cc1. The van der Waals surface area contributed by atoms with Crippen LogP contribution in [0.3, 0.4) is 0 Å². The van der Waals surface area contributed by atoms with Crippen LogP contribution in [0.2, 0.25) is 0 Å². The Balaban J connectivity index is 2.35. The molecule has 86 valence electrons. The topological polar surface area (TPSA) is 64.0 Å². The molecule has 0 aliphatic carbocycles. The molecule has 0 spiro atoms. The van der Waals surface area contributed by atoms with Gasteiger partial charge in [0, 0.05) is 7.05 Å². The molecule has 1 saturated heterocycles. The molecule has 2 rings (SSSR count). The number of β-amino-alcohol motifs (C(OH)–C–C–N with tert-alkyl or cyclic N) is 2. The first kappa shape index (κ1) is 11.1. The van der Waals surface area contributed by atoms with Crippen LogP contribution in [0.5, 0.6) is 0 Å². The molecule has 0 radical (unpaired) electrons. The smallest absolute Gasteiger partial charge is 0.302 e. The highest BCUT2D eigenvalue weighted by Crippen LogP contribution is 2.25. The van der Waals surface area contributed by atoms with Crippen LogP contribution in [0.15, 0.2) is 24.3 Å². The summed E-state index contributed by atoms with van der Waals surface area (Å²) in [4.78, 5) is 11.7. The third-order valence-corrected chi connectivity index (χ3v) is 2.60. The minimum atomic E-state index is -2.29. The van der Waals surface area contributed by atoms with Crippen LogP contribution in [-0.4, -0.2) is 40.5 Å². The number of aryl methyl sites for hydroxylation is 1. The van der Waals surface area contributed by atoms with Crippen molar-refractivity contribution < 1.29 is 15.0 Å². The van der Waals surface area contributed by atoms with Crippen molar-refractivity contribution in [1.29, 1.82) is 0 Å². The second kappa shape index (κ2) is 3.55. The van der Waals surface area contributed by atoms with Gasteiger partial charge in [0.15, 0.2) is 0 Å². The van der Waals surface area contributed by atoms with Gasteiger partial charge in [0.1, 0.15) is 0 Å². The van der Waals surface area contributed by atoms with Crippen LogP contribution in [0.25, 0.3) is 0 Å². The number of likely N-dealkylation sites (N-methyl/N-ethyl adjacent to an activating group) is 1. The van der Waals surface area contributed by atoms with E-state index >= 15 is 0 Å². The fourth-order valence-corrected chi connectivity index (χ4v) is 1.78. The minimum Gasteiger partial charge on any atom is -0.357 e. The summed E-state index contributed by atoms with van der Waals surface area (Å²) in [5.41, 5.74) is 1.71. The van der Waals surface area contributed by atoms with E-state index in [-0.39, 0.29) is 6.54 Å². The van der Waals surface area contributed by atoms with Gasteiger partial charge in [-0.3, -0.25) is 4.79 Å². The van der Waals surface area contributed by atoms with E-state index in [4.69, 9.17) is 0 Å². The van der Waals surface area contributed by atoms with Crippen LogP contribution in [0.1, 0.15) is 5.56 Å². The van der Waals surface area contributed by atoms with E-state index in [1.54, 1.807) is 19.2 Å². The molecule has 0 saturated carbocycles. The molecule has 0 bridgehead atoms. The van der Waals surface area contributed by atoms with E-state index in [0.29, 0.717) is 5.69 Å². The summed E-state index contributed by atoms with van der Waals surface area (Å²) in [5, 5.41) is 21.6. The lowest BCUT2D eigenvalue weighted by Crippen LogP contribution is -2.41. The number of hydrogen-bond donors (Lipinski definition) is 2. The molecule has 1 heterocycles. The summed E-state index contributed by atoms with van der Waals surface area (Å²) in [6.07, 6.45) is 0. The predicted molar refractivity (Wildman–Crippen MR) is 58.5 cm³/mol. The van der Waals surface area contributed by atoms with E-state index in [1.165, 1.54) is 10.0 Å². The maximum atomic E-state index is 11.7. The molecule has 1 aromatic carbocycles. The van der Waals surface area contributed by atoms with Crippen molar-refractivity contribution in [3.05, 3.63) is 29.8 Å². The number of benzene rings is 1. The average Bonchev–Trinajstić information content (AvgIpc) is 2.39. The van der Waals surface area contributed by atoms with Crippen molar-refractivity contribution in [2.24, 2.45) is 0 Å². The summed E-state index contributed by atoms with van der Waals surface area (Å²) >= 11 is 0. The molecule has 1 aromatic rings. The Morgan fingerprint density at radius 2 is 1.81 bits per heavy atom. The number of nitrogens with zero attached hydrogens (tertiary/aromatic N) is 2. The van der Waals surface area contributed by atoms with Crippen LogP contribution < -0.4 is 5.01 Å². The largest absolute Gasteiger partial charge is 0.357 e. The first-order chi connectivity index (χ1) is 7.42. The van der Waals surface area contributed by atoms with Gasteiger partial charge in [0.05, 0.1) is 12.2 Å².